The maximum absolute atomic E-state index is 14.0. The van der Waals surface area contributed by atoms with Crippen LogP contribution in [0, 0.1) is 6.92 Å². The van der Waals surface area contributed by atoms with Crippen molar-refractivity contribution < 1.29 is 24.2 Å². The molecule has 1 unspecified atom stereocenters. The maximum Gasteiger partial charge on any atom is 0.254 e. The van der Waals surface area contributed by atoms with Crippen molar-refractivity contribution in [2.75, 3.05) is 26.6 Å². The Morgan fingerprint density at radius 1 is 1.00 bits per heavy atom. The van der Waals surface area contributed by atoms with Gasteiger partial charge in [-0.2, -0.15) is 0 Å². The average Bonchev–Trinajstić information content (AvgIpc) is 3.38. The number of amides is 2. The molecule has 9 nitrogen and oxygen atoms in total. The Hall–Kier alpha value is -3.80. The Balaban J connectivity index is 1.44. The first-order valence-electron chi connectivity index (χ1n) is 15.3. The smallest absolute Gasteiger partial charge is 0.254 e. The van der Waals surface area contributed by atoms with Crippen molar-refractivity contribution in [3.05, 3.63) is 95.1 Å². The number of benzene rings is 3. The lowest BCUT2D eigenvalue weighted by Crippen LogP contribution is -2.59. The molecule has 4 rings (SSSR count). The van der Waals surface area contributed by atoms with E-state index in [2.05, 4.69) is 16.0 Å². The van der Waals surface area contributed by atoms with Gasteiger partial charge in [-0.1, -0.05) is 60.7 Å². The third-order valence-corrected chi connectivity index (χ3v) is 9.82. The molecule has 1 fully saturated rings. The zero-order valence-electron chi connectivity index (χ0n) is 27.0. The third-order valence-electron chi connectivity index (χ3n) is 8.19. The van der Waals surface area contributed by atoms with Crippen molar-refractivity contribution in [3.63, 3.8) is 0 Å². The second kappa shape index (κ2) is 16.2. The fourth-order valence-electron chi connectivity index (χ4n) is 5.53. The first kappa shape index (κ1) is 35.1. The van der Waals surface area contributed by atoms with Crippen molar-refractivity contribution >= 4 is 40.9 Å². The van der Waals surface area contributed by atoms with Gasteiger partial charge in [-0.25, -0.2) is 0 Å². The minimum atomic E-state index is -1.45. The molecule has 0 aliphatic carbocycles. The van der Waals surface area contributed by atoms with Crippen molar-refractivity contribution in [3.8, 4) is 11.5 Å². The lowest BCUT2D eigenvalue weighted by Gasteiger charge is -2.33. The van der Waals surface area contributed by atoms with Crippen LogP contribution in [0.25, 0.3) is 0 Å². The number of nitrogens with one attached hydrogen (secondary N) is 3. The SMILES string of the molecule is COc1ccc(CCNC(=S)NC(Cc2ccccc2)[C@H](O)C(=O)N2CSC(C)(C)[C@H]2C(=O)NCc2ccccc2C)cc1OC. The Morgan fingerprint density at radius 2 is 1.70 bits per heavy atom. The number of aliphatic hydroxyl groups is 1. The fraction of sp³-hybridized carbons (Fsp3) is 0.400. The monoisotopic (exact) mass is 664 g/mol. The molecule has 1 heterocycles. The second-order valence-corrected chi connectivity index (χ2v) is 13.8. The number of nitrogens with zero attached hydrogens (tertiary/aromatic N) is 1. The van der Waals surface area contributed by atoms with Gasteiger partial charge in [0.2, 0.25) is 5.91 Å². The van der Waals surface area contributed by atoms with E-state index in [9.17, 15) is 14.7 Å². The number of aliphatic hydroxyl groups excluding tert-OH is 1. The van der Waals surface area contributed by atoms with Gasteiger partial charge in [-0.05, 0) is 80.2 Å². The van der Waals surface area contributed by atoms with Gasteiger partial charge < -0.3 is 35.4 Å². The summed E-state index contributed by atoms with van der Waals surface area (Å²) in [6.45, 7) is 6.77. The standard InChI is InChI=1S/C35H44N4O5S2/c1-23-11-9-10-14-26(23)21-37-32(41)31-35(2,3)46-22-39(31)33(42)30(40)27(19-24-12-7-6-8-13-24)38-34(45)36-18-17-25-15-16-28(43-4)29(20-25)44-5/h6-16,20,27,30-31,40H,17-19,21-22H2,1-5H3,(H,37,41)(H2,36,38,45)/t27?,30-,31+/m0/s1. The van der Waals surface area contributed by atoms with E-state index in [1.807, 2.05) is 93.6 Å². The highest BCUT2D eigenvalue weighted by molar-refractivity contribution is 8.00. The van der Waals surface area contributed by atoms with E-state index in [4.69, 9.17) is 21.7 Å². The number of carbonyl (C=O) groups excluding carboxylic acids is 2. The molecule has 0 spiro atoms. The van der Waals surface area contributed by atoms with Crippen LogP contribution in [0.4, 0.5) is 0 Å². The van der Waals surface area contributed by atoms with Gasteiger partial charge in [0.1, 0.15) is 6.04 Å². The lowest BCUT2D eigenvalue weighted by molar-refractivity contribution is -0.147. The van der Waals surface area contributed by atoms with Crippen LogP contribution in [0.15, 0.2) is 72.8 Å². The zero-order chi connectivity index (χ0) is 33.3. The topological polar surface area (TPSA) is 112 Å². The van der Waals surface area contributed by atoms with Crippen LogP contribution in [0.2, 0.25) is 0 Å². The molecular formula is C35H44N4O5S2. The van der Waals surface area contributed by atoms with Crippen molar-refractivity contribution in [1.82, 2.24) is 20.9 Å². The van der Waals surface area contributed by atoms with Gasteiger partial charge >= 0.3 is 0 Å². The van der Waals surface area contributed by atoms with Crippen LogP contribution < -0.4 is 25.4 Å². The Kier molecular flexibility index (Phi) is 12.3. The van der Waals surface area contributed by atoms with E-state index in [1.165, 1.54) is 16.7 Å². The van der Waals surface area contributed by atoms with Gasteiger partial charge in [0.15, 0.2) is 22.7 Å². The third kappa shape index (κ3) is 8.92. The van der Waals surface area contributed by atoms with E-state index in [-0.39, 0.29) is 11.8 Å². The molecule has 11 heteroatoms. The molecular weight excluding hydrogens is 621 g/mol. The highest BCUT2D eigenvalue weighted by Gasteiger charge is 2.49. The largest absolute Gasteiger partial charge is 0.493 e. The van der Waals surface area contributed by atoms with Crippen LogP contribution in [-0.4, -0.2) is 76.5 Å². The van der Waals surface area contributed by atoms with Gasteiger partial charge in [-0.15, -0.1) is 11.8 Å². The number of ether oxygens (including phenoxy) is 2. The highest BCUT2D eigenvalue weighted by atomic mass is 32.2. The predicted octanol–water partition coefficient (Wildman–Crippen LogP) is 3.99. The number of carbonyl (C=O) groups is 2. The van der Waals surface area contributed by atoms with Crippen molar-refractivity contribution in [2.24, 2.45) is 0 Å². The maximum atomic E-state index is 14.0. The molecule has 0 bridgehead atoms. The first-order chi connectivity index (χ1) is 22.0. The summed E-state index contributed by atoms with van der Waals surface area (Å²) in [6, 6.07) is 21.7. The summed E-state index contributed by atoms with van der Waals surface area (Å²) in [7, 11) is 3.19. The molecule has 3 atom stereocenters. The Bertz CT molecular complexity index is 1500. The normalized spacial score (nSPS) is 16.7. The zero-order valence-corrected chi connectivity index (χ0v) is 28.7. The lowest BCUT2D eigenvalue weighted by atomic mass is 9.97. The summed E-state index contributed by atoms with van der Waals surface area (Å²) in [5.74, 6) is 0.826. The van der Waals surface area contributed by atoms with E-state index in [0.717, 1.165) is 22.3 Å². The minimum absolute atomic E-state index is 0.251. The Labute approximate surface area is 281 Å². The van der Waals surface area contributed by atoms with Crippen LogP contribution in [-0.2, 0) is 29.0 Å². The molecule has 0 aromatic heterocycles. The van der Waals surface area contributed by atoms with Crippen molar-refractivity contribution in [2.45, 2.75) is 63.1 Å². The summed E-state index contributed by atoms with van der Waals surface area (Å²) in [4.78, 5) is 29.0. The summed E-state index contributed by atoms with van der Waals surface area (Å²) in [6.07, 6.45) is -0.446. The predicted molar refractivity (Wildman–Crippen MR) is 187 cm³/mol. The fourth-order valence-corrected chi connectivity index (χ4v) is 6.92. The first-order valence-corrected chi connectivity index (χ1v) is 16.7. The molecule has 246 valence electrons. The average molecular weight is 665 g/mol. The van der Waals surface area contributed by atoms with E-state index in [1.54, 1.807) is 14.2 Å². The van der Waals surface area contributed by atoms with Crippen LogP contribution in [0.5, 0.6) is 11.5 Å². The molecule has 1 aliphatic rings. The molecule has 1 aliphatic heterocycles. The van der Waals surface area contributed by atoms with E-state index >= 15 is 0 Å². The number of aryl methyl sites for hydroxylation is 1. The van der Waals surface area contributed by atoms with Gasteiger partial charge in [0.05, 0.1) is 26.1 Å². The molecule has 0 radical (unpaired) electrons. The number of hydrogen-bond acceptors (Lipinski definition) is 7. The molecule has 46 heavy (non-hydrogen) atoms. The quantitative estimate of drug-likeness (QED) is 0.202. The number of hydrogen-bond donors (Lipinski definition) is 4. The van der Waals surface area contributed by atoms with Gasteiger partial charge in [0, 0.05) is 17.8 Å². The van der Waals surface area contributed by atoms with Crippen LogP contribution in [0.1, 0.15) is 36.1 Å². The van der Waals surface area contributed by atoms with Gasteiger partial charge in [-0.3, -0.25) is 9.59 Å². The summed E-state index contributed by atoms with van der Waals surface area (Å²) >= 11 is 7.13. The van der Waals surface area contributed by atoms with E-state index in [0.29, 0.717) is 42.5 Å². The van der Waals surface area contributed by atoms with E-state index < -0.39 is 28.8 Å². The Morgan fingerprint density at radius 3 is 2.39 bits per heavy atom. The number of thiocarbonyl (C=S) groups is 1. The number of rotatable bonds is 13. The number of thioether (sulfide) groups is 1. The molecule has 4 N–H and O–H groups in total. The van der Waals surface area contributed by atoms with Crippen molar-refractivity contribution in [1.29, 1.82) is 0 Å². The molecule has 0 saturated carbocycles. The molecule has 3 aromatic rings. The molecule has 1 saturated heterocycles. The summed E-state index contributed by atoms with van der Waals surface area (Å²) in [5, 5.41) is 21.3. The summed E-state index contributed by atoms with van der Waals surface area (Å²) < 4.78 is 10.2. The van der Waals surface area contributed by atoms with Gasteiger partial charge in [0.25, 0.3) is 5.91 Å². The molecule has 3 aromatic carbocycles. The number of methoxy groups -OCH3 is 2. The highest BCUT2D eigenvalue weighted by Crippen LogP contribution is 2.40. The molecule has 2 amide bonds. The van der Waals surface area contributed by atoms with Crippen LogP contribution >= 0.6 is 24.0 Å². The second-order valence-electron chi connectivity index (χ2n) is 11.8. The van der Waals surface area contributed by atoms with Crippen LogP contribution in [0.3, 0.4) is 0 Å². The minimum Gasteiger partial charge on any atom is -0.493 e. The summed E-state index contributed by atoms with van der Waals surface area (Å²) in [5.41, 5.74) is 4.05.